The van der Waals surface area contributed by atoms with E-state index in [1.54, 1.807) is 12.4 Å². The molecular formula is C13H17Cl2N5. The first-order valence-electron chi connectivity index (χ1n) is 6.44. The summed E-state index contributed by atoms with van der Waals surface area (Å²) in [6, 6.07) is 5.34. The first kappa shape index (κ1) is 15.3. The molecule has 5 nitrogen and oxygen atoms in total. The van der Waals surface area contributed by atoms with Crippen LogP contribution in [0.2, 0.25) is 10.0 Å². The lowest BCUT2D eigenvalue weighted by molar-refractivity contribution is 0.499. The second-order valence-electron chi connectivity index (χ2n) is 4.47. The number of hydrogen-bond donors (Lipinski definition) is 2. The Balaban J connectivity index is 2.24. The van der Waals surface area contributed by atoms with Crippen molar-refractivity contribution in [3.63, 3.8) is 0 Å². The van der Waals surface area contributed by atoms with E-state index in [-0.39, 0.29) is 6.04 Å². The maximum absolute atomic E-state index is 6.24. The summed E-state index contributed by atoms with van der Waals surface area (Å²) in [4.78, 5) is 4.28. The summed E-state index contributed by atoms with van der Waals surface area (Å²) in [6.45, 7) is 2.92. The molecule has 1 atom stereocenters. The van der Waals surface area contributed by atoms with Gasteiger partial charge in [-0.3, -0.25) is 16.0 Å². The summed E-state index contributed by atoms with van der Waals surface area (Å²) in [5.74, 6) is 6.52. The van der Waals surface area contributed by atoms with Gasteiger partial charge in [0.2, 0.25) is 0 Å². The number of nitrogens with two attached hydrogens (primary N) is 1. The highest BCUT2D eigenvalue weighted by Gasteiger charge is 2.18. The molecule has 2 aromatic rings. The van der Waals surface area contributed by atoms with Crippen molar-refractivity contribution >= 4 is 23.2 Å². The van der Waals surface area contributed by atoms with Gasteiger partial charge in [0.1, 0.15) is 12.2 Å². The van der Waals surface area contributed by atoms with Crippen molar-refractivity contribution in [2.45, 2.75) is 32.4 Å². The Bertz CT molecular complexity index is 570. The smallest absolute Gasteiger partial charge is 0.138 e. The molecule has 0 bridgehead atoms. The van der Waals surface area contributed by atoms with E-state index in [2.05, 4.69) is 22.4 Å². The summed E-state index contributed by atoms with van der Waals surface area (Å²) in [5, 5.41) is 5.23. The number of hydrogen-bond acceptors (Lipinski definition) is 4. The van der Waals surface area contributed by atoms with E-state index in [1.165, 1.54) is 0 Å². The summed E-state index contributed by atoms with van der Waals surface area (Å²) >= 11 is 12.3. The zero-order chi connectivity index (χ0) is 14.5. The summed E-state index contributed by atoms with van der Waals surface area (Å²) in [7, 11) is 0. The number of halogens is 2. The van der Waals surface area contributed by atoms with Crippen LogP contribution in [0.5, 0.6) is 0 Å². The van der Waals surface area contributed by atoms with E-state index in [9.17, 15) is 0 Å². The number of nitrogens with zero attached hydrogens (tertiary/aromatic N) is 3. The fraction of sp³-hybridized carbons (Fsp3) is 0.385. The summed E-state index contributed by atoms with van der Waals surface area (Å²) in [5.41, 5.74) is 3.62. The minimum atomic E-state index is -0.166. The minimum Gasteiger partial charge on any atom is -0.271 e. The average Bonchev–Trinajstić information content (AvgIpc) is 2.87. The van der Waals surface area contributed by atoms with Crippen LogP contribution in [-0.2, 0) is 13.0 Å². The fourth-order valence-corrected chi connectivity index (χ4v) is 2.52. The van der Waals surface area contributed by atoms with Crippen molar-refractivity contribution in [1.82, 2.24) is 20.2 Å². The van der Waals surface area contributed by atoms with E-state index in [0.29, 0.717) is 16.5 Å². The third-order valence-electron chi connectivity index (χ3n) is 3.08. The molecule has 2 rings (SSSR count). The Morgan fingerprint density at radius 1 is 1.40 bits per heavy atom. The highest BCUT2D eigenvalue weighted by molar-refractivity contribution is 6.42. The molecule has 0 amide bonds. The van der Waals surface area contributed by atoms with Gasteiger partial charge in [0.05, 0.1) is 16.1 Å². The number of aryl methyl sites for hydroxylation is 1. The van der Waals surface area contributed by atoms with Crippen molar-refractivity contribution in [1.29, 1.82) is 0 Å². The maximum atomic E-state index is 6.24. The first-order chi connectivity index (χ1) is 9.67. The number of nitrogens with one attached hydrogen (secondary N) is 1. The lowest BCUT2D eigenvalue weighted by Gasteiger charge is -2.18. The van der Waals surface area contributed by atoms with Crippen molar-refractivity contribution in [3.05, 3.63) is 46.0 Å². The molecule has 1 aromatic carbocycles. The van der Waals surface area contributed by atoms with Gasteiger partial charge in [-0.1, -0.05) is 42.3 Å². The van der Waals surface area contributed by atoms with Gasteiger partial charge in [0.25, 0.3) is 0 Å². The van der Waals surface area contributed by atoms with Gasteiger partial charge in [-0.2, -0.15) is 5.10 Å². The Kier molecular flexibility index (Phi) is 5.37. The van der Waals surface area contributed by atoms with Crippen molar-refractivity contribution in [3.8, 4) is 0 Å². The molecule has 0 aliphatic carbocycles. The van der Waals surface area contributed by atoms with E-state index in [4.69, 9.17) is 29.0 Å². The Labute approximate surface area is 128 Å². The predicted octanol–water partition coefficient (Wildman–Crippen LogP) is 2.74. The van der Waals surface area contributed by atoms with Gasteiger partial charge in [-0.15, -0.1) is 0 Å². The van der Waals surface area contributed by atoms with Gasteiger partial charge >= 0.3 is 0 Å². The molecule has 0 spiro atoms. The van der Waals surface area contributed by atoms with Crippen LogP contribution in [-0.4, -0.2) is 14.8 Å². The quantitative estimate of drug-likeness (QED) is 0.635. The van der Waals surface area contributed by atoms with Crippen LogP contribution < -0.4 is 11.3 Å². The molecule has 1 aromatic heterocycles. The molecule has 3 N–H and O–H groups in total. The molecule has 20 heavy (non-hydrogen) atoms. The first-order valence-corrected chi connectivity index (χ1v) is 7.19. The maximum Gasteiger partial charge on any atom is 0.138 e. The third-order valence-corrected chi connectivity index (χ3v) is 3.91. The van der Waals surface area contributed by atoms with Crippen LogP contribution >= 0.6 is 23.2 Å². The van der Waals surface area contributed by atoms with Gasteiger partial charge in [0, 0.05) is 13.0 Å². The average molecular weight is 314 g/mol. The van der Waals surface area contributed by atoms with E-state index < -0.39 is 0 Å². The van der Waals surface area contributed by atoms with Gasteiger partial charge in [-0.25, -0.2) is 4.98 Å². The number of aromatic nitrogens is 3. The molecule has 0 aliphatic heterocycles. The summed E-state index contributed by atoms with van der Waals surface area (Å²) < 4.78 is 1.88. The number of hydrazine groups is 1. The minimum absolute atomic E-state index is 0.166. The summed E-state index contributed by atoms with van der Waals surface area (Å²) in [6.07, 6.45) is 3.14. The monoisotopic (exact) mass is 313 g/mol. The van der Waals surface area contributed by atoms with Crippen molar-refractivity contribution in [2.75, 3.05) is 0 Å². The molecule has 0 saturated carbocycles. The van der Waals surface area contributed by atoms with Crippen LogP contribution in [0.4, 0.5) is 0 Å². The molecule has 7 heteroatoms. The van der Waals surface area contributed by atoms with Gasteiger partial charge < -0.3 is 0 Å². The van der Waals surface area contributed by atoms with Gasteiger partial charge in [0.15, 0.2) is 0 Å². The van der Waals surface area contributed by atoms with Gasteiger partial charge in [-0.05, 0) is 18.1 Å². The lowest BCUT2D eigenvalue weighted by atomic mass is 10.0. The lowest BCUT2D eigenvalue weighted by Crippen LogP contribution is -2.30. The molecule has 0 saturated heterocycles. The Morgan fingerprint density at radius 2 is 2.20 bits per heavy atom. The van der Waals surface area contributed by atoms with E-state index >= 15 is 0 Å². The zero-order valence-electron chi connectivity index (χ0n) is 11.2. The molecule has 0 radical (unpaired) electrons. The van der Waals surface area contributed by atoms with Crippen LogP contribution in [0.1, 0.15) is 30.8 Å². The molecule has 0 aliphatic rings. The van der Waals surface area contributed by atoms with Crippen LogP contribution in [0.25, 0.3) is 0 Å². The standard InChI is InChI=1S/C13H17Cl2N5/c1-2-6-20-12(17-8-18-20)7-11(19-16)9-4-3-5-10(14)13(9)15/h3-5,8,11,19H,2,6-7,16H2,1H3. The number of rotatable bonds is 6. The molecule has 108 valence electrons. The second-order valence-corrected chi connectivity index (χ2v) is 5.25. The van der Waals surface area contributed by atoms with Crippen LogP contribution in [0.15, 0.2) is 24.5 Å². The third kappa shape index (κ3) is 3.30. The van der Waals surface area contributed by atoms with Crippen LogP contribution in [0.3, 0.4) is 0 Å². The SMILES string of the molecule is CCCn1ncnc1CC(NN)c1cccc(Cl)c1Cl. The van der Waals surface area contributed by atoms with Crippen LogP contribution in [0, 0.1) is 0 Å². The Hall–Kier alpha value is -1.14. The largest absolute Gasteiger partial charge is 0.271 e. The van der Waals surface area contributed by atoms with Crippen molar-refractivity contribution in [2.24, 2.45) is 5.84 Å². The highest BCUT2D eigenvalue weighted by atomic mass is 35.5. The molecule has 1 heterocycles. The molecule has 1 unspecified atom stereocenters. The number of benzene rings is 1. The fourth-order valence-electron chi connectivity index (χ4n) is 2.08. The predicted molar refractivity (Wildman–Crippen MR) is 80.5 cm³/mol. The second kappa shape index (κ2) is 7.04. The zero-order valence-corrected chi connectivity index (χ0v) is 12.7. The normalized spacial score (nSPS) is 12.6. The van der Waals surface area contributed by atoms with Crippen molar-refractivity contribution < 1.29 is 0 Å². The topological polar surface area (TPSA) is 68.8 Å². The van der Waals surface area contributed by atoms with E-state index in [1.807, 2.05) is 16.8 Å². The van der Waals surface area contributed by atoms with E-state index in [0.717, 1.165) is 24.4 Å². The highest BCUT2D eigenvalue weighted by Crippen LogP contribution is 2.30. The molecule has 0 fully saturated rings. The molecular weight excluding hydrogens is 297 g/mol. The Morgan fingerprint density at radius 3 is 2.90 bits per heavy atom.